The zero-order valence-electron chi connectivity index (χ0n) is 11.3. The van der Waals surface area contributed by atoms with Gasteiger partial charge in [0.05, 0.1) is 10.2 Å². The Morgan fingerprint density at radius 1 is 1.14 bits per heavy atom. The van der Waals surface area contributed by atoms with Gasteiger partial charge in [0.25, 0.3) is 5.91 Å². The van der Waals surface area contributed by atoms with Crippen molar-refractivity contribution in [3.05, 3.63) is 56.5 Å². The van der Waals surface area contributed by atoms with Gasteiger partial charge in [-0.2, -0.15) is 0 Å². The molecular formula is C15H9Cl3N2OS. The number of thiazole rings is 1. The molecule has 7 heteroatoms. The summed E-state index contributed by atoms with van der Waals surface area (Å²) in [4.78, 5) is 16.7. The number of carbonyl (C=O) groups excluding carboxylic acids is 1. The van der Waals surface area contributed by atoms with Gasteiger partial charge in [0, 0.05) is 20.6 Å². The van der Waals surface area contributed by atoms with E-state index in [2.05, 4.69) is 10.3 Å². The number of aromatic nitrogens is 1. The zero-order valence-corrected chi connectivity index (χ0v) is 14.4. The number of hydrogen-bond donors (Lipinski definition) is 1. The number of benzene rings is 2. The molecule has 0 aliphatic rings. The molecule has 0 bridgehead atoms. The average molecular weight is 372 g/mol. The van der Waals surface area contributed by atoms with Crippen LogP contribution in [0.3, 0.4) is 0 Å². The van der Waals surface area contributed by atoms with Gasteiger partial charge < -0.3 is 0 Å². The van der Waals surface area contributed by atoms with Crippen LogP contribution in [0.25, 0.3) is 10.2 Å². The summed E-state index contributed by atoms with van der Waals surface area (Å²) in [7, 11) is 0. The minimum Gasteiger partial charge on any atom is -0.298 e. The van der Waals surface area contributed by atoms with Crippen LogP contribution in [-0.4, -0.2) is 10.9 Å². The van der Waals surface area contributed by atoms with Crippen molar-refractivity contribution in [2.75, 3.05) is 5.32 Å². The molecule has 22 heavy (non-hydrogen) atoms. The molecular weight excluding hydrogens is 363 g/mol. The lowest BCUT2D eigenvalue weighted by atomic mass is 10.2. The van der Waals surface area contributed by atoms with Crippen LogP contribution in [-0.2, 0) is 0 Å². The highest BCUT2D eigenvalue weighted by Gasteiger charge is 2.13. The van der Waals surface area contributed by atoms with E-state index in [1.54, 1.807) is 18.2 Å². The monoisotopic (exact) mass is 370 g/mol. The van der Waals surface area contributed by atoms with Gasteiger partial charge in [-0.3, -0.25) is 10.1 Å². The second-order valence-corrected chi connectivity index (χ2v) is 6.96. The third-order valence-electron chi connectivity index (χ3n) is 3.09. The van der Waals surface area contributed by atoms with E-state index in [1.165, 1.54) is 11.3 Å². The first-order valence-electron chi connectivity index (χ1n) is 6.27. The smallest absolute Gasteiger partial charge is 0.257 e. The maximum Gasteiger partial charge on any atom is 0.257 e. The standard InChI is InChI=1S/C15H9Cl3N2OS/c1-7-11(18)2-3-12-13(7)19-15(22-12)20-14(21)8-4-9(16)6-10(17)5-8/h2-6H,1H3,(H,19,20,21). The third kappa shape index (κ3) is 3.06. The summed E-state index contributed by atoms with van der Waals surface area (Å²) in [5, 5.41) is 4.72. The first-order valence-corrected chi connectivity index (χ1v) is 8.22. The number of nitrogens with one attached hydrogen (secondary N) is 1. The summed E-state index contributed by atoms with van der Waals surface area (Å²) in [6, 6.07) is 8.38. The number of carbonyl (C=O) groups is 1. The summed E-state index contributed by atoms with van der Waals surface area (Å²) < 4.78 is 0.960. The van der Waals surface area contributed by atoms with Gasteiger partial charge in [0.2, 0.25) is 0 Å². The van der Waals surface area contributed by atoms with Crippen molar-refractivity contribution in [1.82, 2.24) is 4.98 Å². The second kappa shape index (κ2) is 6.05. The number of anilines is 1. The molecule has 0 fully saturated rings. The Balaban J connectivity index is 1.92. The number of nitrogens with zero attached hydrogens (tertiary/aromatic N) is 1. The fourth-order valence-corrected chi connectivity index (χ4v) is 3.61. The van der Waals surface area contributed by atoms with E-state index in [0.29, 0.717) is 25.8 Å². The predicted octanol–water partition coefficient (Wildman–Crippen LogP) is 5.82. The molecule has 112 valence electrons. The van der Waals surface area contributed by atoms with Crippen LogP contribution < -0.4 is 5.32 Å². The van der Waals surface area contributed by atoms with Crippen LogP contribution in [0, 0.1) is 6.92 Å². The number of halogens is 3. The van der Waals surface area contributed by atoms with E-state index in [0.717, 1.165) is 15.8 Å². The molecule has 3 rings (SSSR count). The van der Waals surface area contributed by atoms with Gasteiger partial charge in [0.1, 0.15) is 0 Å². The molecule has 0 spiro atoms. The number of rotatable bonds is 2. The summed E-state index contributed by atoms with van der Waals surface area (Å²) in [5.41, 5.74) is 2.06. The minimum absolute atomic E-state index is 0.313. The van der Waals surface area contributed by atoms with Crippen molar-refractivity contribution in [3.8, 4) is 0 Å². The second-order valence-electron chi connectivity index (χ2n) is 4.65. The summed E-state index contributed by atoms with van der Waals surface area (Å²) >= 11 is 19.3. The van der Waals surface area contributed by atoms with Gasteiger partial charge in [-0.05, 0) is 42.8 Å². The summed E-state index contributed by atoms with van der Waals surface area (Å²) in [5.74, 6) is -0.313. The zero-order chi connectivity index (χ0) is 15.9. The van der Waals surface area contributed by atoms with E-state index >= 15 is 0 Å². The van der Waals surface area contributed by atoms with E-state index in [4.69, 9.17) is 34.8 Å². The highest BCUT2D eigenvalue weighted by atomic mass is 35.5. The molecule has 0 unspecified atom stereocenters. The van der Waals surface area contributed by atoms with E-state index in [-0.39, 0.29) is 5.91 Å². The molecule has 1 amide bonds. The highest BCUT2D eigenvalue weighted by Crippen LogP contribution is 2.32. The normalized spacial score (nSPS) is 10.9. The molecule has 0 atom stereocenters. The number of fused-ring (bicyclic) bond motifs is 1. The summed E-state index contributed by atoms with van der Waals surface area (Å²) in [6.07, 6.45) is 0. The molecule has 0 aliphatic carbocycles. The molecule has 0 radical (unpaired) electrons. The molecule has 3 nitrogen and oxygen atoms in total. The van der Waals surface area contributed by atoms with Crippen LogP contribution in [0.15, 0.2) is 30.3 Å². The lowest BCUT2D eigenvalue weighted by Gasteiger charge is -2.03. The topological polar surface area (TPSA) is 42.0 Å². The Hall–Kier alpha value is -1.33. The lowest BCUT2D eigenvalue weighted by Crippen LogP contribution is -2.11. The quantitative estimate of drug-likeness (QED) is 0.617. The van der Waals surface area contributed by atoms with Gasteiger partial charge in [-0.25, -0.2) is 4.98 Å². The van der Waals surface area contributed by atoms with Crippen LogP contribution in [0.1, 0.15) is 15.9 Å². The SMILES string of the molecule is Cc1c(Cl)ccc2sc(NC(=O)c3cc(Cl)cc(Cl)c3)nc12. The van der Waals surface area contributed by atoms with Crippen LogP contribution in [0.5, 0.6) is 0 Å². The molecule has 3 aromatic rings. The molecule has 1 heterocycles. The molecule has 1 N–H and O–H groups in total. The van der Waals surface area contributed by atoms with E-state index in [1.807, 2.05) is 19.1 Å². The predicted molar refractivity (Wildman–Crippen MR) is 93.8 cm³/mol. The van der Waals surface area contributed by atoms with Crippen LogP contribution in [0.4, 0.5) is 5.13 Å². The largest absolute Gasteiger partial charge is 0.298 e. The van der Waals surface area contributed by atoms with Crippen molar-refractivity contribution in [2.24, 2.45) is 0 Å². The molecule has 1 aromatic heterocycles. The first kappa shape index (κ1) is 15.6. The van der Waals surface area contributed by atoms with Gasteiger partial charge >= 0.3 is 0 Å². The maximum atomic E-state index is 12.3. The molecule has 0 saturated carbocycles. The number of hydrogen-bond acceptors (Lipinski definition) is 3. The Morgan fingerprint density at radius 2 is 1.82 bits per heavy atom. The molecule has 2 aromatic carbocycles. The fraction of sp³-hybridized carbons (Fsp3) is 0.0667. The maximum absolute atomic E-state index is 12.3. The van der Waals surface area contributed by atoms with E-state index in [9.17, 15) is 4.79 Å². The Kier molecular flexibility index (Phi) is 4.28. The molecule has 0 aliphatic heterocycles. The van der Waals surface area contributed by atoms with Gasteiger partial charge in [-0.1, -0.05) is 46.1 Å². The number of aryl methyl sites for hydroxylation is 1. The van der Waals surface area contributed by atoms with Crippen LogP contribution in [0.2, 0.25) is 15.1 Å². The fourth-order valence-electron chi connectivity index (χ4n) is 2.01. The highest BCUT2D eigenvalue weighted by molar-refractivity contribution is 7.22. The Bertz CT molecular complexity index is 872. The minimum atomic E-state index is -0.313. The van der Waals surface area contributed by atoms with Crippen molar-refractivity contribution >= 4 is 67.4 Å². The molecule has 0 saturated heterocycles. The number of amides is 1. The Labute approximate surface area is 145 Å². The third-order valence-corrected chi connectivity index (χ3v) is 4.88. The van der Waals surface area contributed by atoms with Crippen molar-refractivity contribution in [2.45, 2.75) is 6.92 Å². The summed E-state index contributed by atoms with van der Waals surface area (Å²) in [6.45, 7) is 1.90. The van der Waals surface area contributed by atoms with Crippen LogP contribution >= 0.6 is 46.1 Å². The van der Waals surface area contributed by atoms with E-state index < -0.39 is 0 Å². The lowest BCUT2D eigenvalue weighted by molar-refractivity contribution is 0.102. The van der Waals surface area contributed by atoms with Crippen molar-refractivity contribution in [3.63, 3.8) is 0 Å². The van der Waals surface area contributed by atoms with Crippen molar-refractivity contribution in [1.29, 1.82) is 0 Å². The average Bonchev–Trinajstić information content (AvgIpc) is 2.85. The van der Waals surface area contributed by atoms with Gasteiger partial charge in [0.15, 0.2) is 5.13 Å². The van der Waals surface area contributed by atoms with Gasteiger partial charge in [-0.15, -0.1) is 0 Å². The van der Waals surface area contributed by atoms with Crippen molar-refractivity contribution < 1.29 is 4.79 Å². The Morgan fingerprint density at radius 3 is 2.50 bits per heavy atom. The first-order chi connectivity index (χ1) is 10.4.